The van der Waals surface area contributed by atoms with E-state index in [2.05, 4.69) is 0 Å². The van der Waals surface area contributed by atoms with Crippen LogP contribution in [0.15, 0.2) is 0 Å². The SMILES string of the molecule is O=C(O)C1OCCN(C(=O)O)CC1O. The van der Waals surface area contributed by atoms with Crippen LogP contribution < -0.4 is 0 Å². The van der Waals surface area contributed by atoms with Gasteiger partial charge in [-0.15, -0.1) is 0 Å². The minimum Gasteiger partial charge on any atom is -0.479 e. The van der Waals surface area contributed by atoms with Crippen molar-refractivity contribution in [1.82, 2.24) is 4.90 Å². The van der Waals surface area contributed by atoms with Gasteiger partial charge in [-0.3, -0.25) is 0 Å². The number of hydrogen-bond acceptors (Lipinski definition) is 4. The van der Waals surface area contributed by atoms with E-state index >= 15 is 0 Å². The molecule has 1 aliphatic rings. The molecule has 1 aliphatic heterocycles. The molecule has 2 unspecified atom stereocenters. The van der Waals surface area contributed by atoms with Gasteiger partial charge in [-0.1, -0.05) is 0 Å². The van der Waals surface area contributed by atoms with Crippen molar-refractivity contribution in [3.05, 3.63) is 0 Å². The molecule has 0 aromatic carbocycles. The normalized spacial score (nSPS) is 28.2. The number of rotatable bonds is 1. The van der Waals surface area contributed by atoms with Crippen LogP contribution in [0.25, 0.3) is 0 Å². The van der Waals surface area contributed by atoms with Gasteiger partial charge in [0.15, 0.2) is 6.10 Å². The Labute approximate surface area is 79.5 Å². The van der Waals surface area contributed by atoms with Crippen LogP contribution in [0.3, 0.4) is 0 Å². The molecule has 1 saturated heterocycles. The fourth-order valence-corrected chi connectivity index (χ4v) is 1.22. The molecule has 3 N–H and O–H groups in total. The van der Waals surface area contributed by atoms with E-state index < -0.39 is 24.3 Å². The third-order valence-electron chi connectivity index (χ3n) is 1.93. The molecule has 7 nitrogen and oxygen atoms in total. The largest absolute Gasteiger partial charge is 0.479 e. The van der Waals surface area contributed by atoms with Gasteiger partial charge in [0.05, 0.1) is 13.2 Å². The number of carboxylic acid groups (broad SMARTS) is 2. The minimum absolute atomic E-state index is 0.0275. The van der Waals surface area contributed by atoms with Crippen LogP contribution in [0.2, 0.25) is 0 Å². The predicted octanol–water partition coefficient (Wildman–Crippen LogP) is -1.19. The third kappa shape index (κ3) is 2.33. The maximum atomic E-state index is 10.5. The van der Waals surface area contributed by atoms with Gasteiger partial charge in [-0.05, 0) is 0 Å². The van der Waals surface area contributed by atoms with E-state index in [0.717, 1.165) is 4.90 Å². The monoisotopic (exact) mass is 205 g/mol. The summed E-state index contributed by atoms with van der Waals surface area (Å²) >= 11 is 0. The Morgan fingerprint density at radius 3 is 2.50 bits per heavy atom. The number of ether oxygens (including phenoxy) is 1. The number of aliphatic hydroxyl groups excluding tert-OH is 1. The average molecular weight is 205 g/mol. The number of aliphatic hydroxyl groups is 1. The molecule has 0 spiro atoms. The van der Waals surface area contributed by atoms with Crippen LogP contribution >= 0.6 is 0 Å². The zero-order valence-corrected chi connectivity index (χ0v) is 7.29. The van der Waals surface area contributed by atoms with E-state index in [0.29, 0.717) is 0 Å². The van der Waals surface area contributed by atoms with Crippen LogP contribution in [-0.4, -0.2) is 64.2 Å². The van der Waals surface area contributed by atoms with E-state index in [4.69, 9.17) is 14.9 Å². The van der Waals surface area contributed by atoms with Crippen LogP contribution in [-0.2, 0) is 9.53 Å². The molecule has 0 aromatic heterocycles. The summed E-state index contributed by atoms with van der Waals surface area (Å²) < 4.78 is 4.80. The second kappa shape index (κ2) is 4.25. The van der Waals surface area contributed by atoms with Gasteiger partial charge in [0.2, 0.25) is 0 Å². The topological polar surface area (TPSA) is 107 Å². The van der Waals surface area contributed by atoms with Crippen molar-refractivity contribution in [2.45, 2.75) is 12.2 Å². The lowest BCUT2D eigenvalue weighted by Gasteiger charge is -2.19. The molecular formula is C7H11NO6. The molecule has 1 amide bonds. The summed E-state index contributed by atoms with van der Waals surface area (Å²) in [5.41, 5.74) is 0. The fourth-order valence-electron chi connectivity index (χ4n) is 1.22. The van der Waals surface area contributed by atoms with Crippen molar-refractivity contribution in [2.24, 2.45) is 0 Å². The number of nitrogens with zero attached hydrogens (tertiary/aromatic N) is 1. The molecule has 1 fully saturated rings. The number of carboxylic acids is 1. The number of hydrogen-bond donors (Lipinski definition) is 3. The average Bonchev–Trinajstić information content (AvgIpc) is 2.26. The lowest BCUT2D eigenvalue weighted by atomic mass is 10.2. The van der Waals surface area contributed by atoms with E-state index in [1.165, 1.54) is 0 Å². The summed E-state index contributed by atoms with van der Waals surface area (Å²) in [5, 5.41) is 26.6. The Hall–Kier alpha value is -1.34. The fraction of sp³-hybridized carbons (Fsp3) is 0.714. The maximum absolute atomic E-state index is 10.5. The van der Waals surface area contributed by atoms with E-state index in [-0.39, 0.29) is 19.7 Å². The van der Waals surface area contributed by atoms with Crippen LogP contribution in [0.4, 0.5) is 4.79 Å². The number of β-amino-alcohol motifs (C(OH)–C–C–N with tert-alkyl or cyclic N) is 1. The molecular weight excluding hydrogens is 194 g/mol. The van der Waals surface area contributed by atoms with Crippen molar-refractivity contribution >= 4 is 12.1 Å². The summed E-state index contributed by atoms with van der Waals surface area (Å²) in [6.07, 6.45) is -3.87. The Bertz CT molecular complexity index is 242. The zero-order valence-electron chi connectivity index (χ0n) is 7.29. The van der Waals surface area contributed by atoms with Crippen molar-refractivity contribution in [3.63, 3.8) is 0 Å². The molecule has 7 heteroatoms. The molecule has 2 atom stereocenters. The zero-order chi connectivity index (χ0) is 10.7. The second-order valence-corrected chi connectivity index (χ2v) is 2.93. The van der Waals surface area contributed by atoms with Crippen LogP contribution in [0, 0.1) is 0 Å². The summed E-state index contributed by atoms with van der Waals surface area (Å²) in [7, 11) is 0. The van der Waals surface area contributed by atoms with E-state index in [1.807, 2.05) is 0 Å². The molecule has 0 saturated carbocycles. The molecule has 14 heavy (non-hydrogen) atoms. The summed E-state index contributed by atoms with van der Waals surface area (Å²) in [6, 6.07) is 0. The van der Waals surface area contributed by atoms with E-state index in [9.17, 15) is 14.7 Å². The molecule has 1 rings (SSSR count). The first-order valence-corrected chi connectivity index (χ1v) is 4.02. The summed E-state index contributed by atoms with van der Waals surface area (Å²) in [6.45, 7) is -0.206. The quantitative estimate of drug-likeness (QED) is 0.497. The van der Waals surface area contributed by atoms with Gasteiger partial charge in [-0.2, -0.15) is 0 Å². The first-order chi connectivity index (χ1) is 6.52. The summed E-state index contributed by atoms with van der Waals surface area (Å²) in [5.74, 6) is -1.29. The molecule has 0 radical (unpaired) electrons. The molecule has 0 bridgehead atoms. The van der Waals surface area contributed by atoms with Gasteiger partial charge < -0.3 is 25.0 Å². The van der Waals surface area contributed by atoms with Gasteiger partial charge in [-0.25, -0.2) is 9.59 Å². The second-order valence-electron chi connectivity index (χ2n) is 2.93. The Kier molecular flexibility index (Phi) is 3.26. The maximum Gasteiger partial charge on any atom is 0.407 e. The molecule has 0 aliphatic carbocycles. The molecule has 0 aromatic rings. The summed E-state index contributed by atoms with van der Waals surface area (Å²) in [4.78, 5) is 22.0. The lowest BCUT2D eigenvalue weighted by Crippen LogP contribution is -2.42. The highest BCUT2D eigenvalue weighted by atomic mass is 16.5. The Balaban J connectivity index is 2.65. The first-order valence-electron chi connectivity index (χ1n) is 4.02. The minimum atomic E-state index is -1.35. The highest BCUT2D eigenvalue weighted by Crippen LogP contribution is 2.08. The smallest absolute Gasteiger partial charge is 0.407 e. The van der Waals surface area contributed by atoms with Gasteiger partial charge in [0, 0.05) is 6.54 Å². The van der Waals surface area contributed by atoms with Crippen molar-refractivity contribution < 1.29 is 29.6 Å². The van der Waals surface area contributed by atoms with Gasteiger partial charge in [0.25, 0.3) is 0 Å². The highest BCUT2D eigenvalue weighted by molar-refractivity contribution is 5.73. The molecule has 80 valence electrons. The first kappa shape index (κ1) is 10.7. The predicted molar refractivity (Wildman–Crippen MR) is 43.0 cm³/mol. The highest BCUT2D eigenvalue weighted by Gasteiger charge is 2.33. The molecule has 1 heterocycles. The Morgan fingerprint density at radius 1 is 1.36 bits per heavy atom. The van der Waals surface area contributed by atoms with Gasteiger partial charge >= 0.3 is 12.1 Å². The third-order valence-corrected chi connectivity index (χ3v) is 1.93. The lowest BCUT2D eigenvalue weighted by molar-refractivity contribution is -0.156. The number of amides is 1. The Morgan fingerprint density at radius 2 is 2.00 bits per heavy atom. The van der Waals surface area contributed by atoms with Crippen LogP contribution in [0.5, 0.6) is 0 Å². The standard InChI is InChI=1S/C7H11NO6/c9-4-3-8(7(12)13)1-2-14-5(4)6(10)11/h4-5,9H,1-3H2,(H,10,11)(H,12,13). The van der Waals surface area contributed by atoms with E-state index in [1.54, 1.807) is 0 Å². The van der Waals surface area contributed by atoms with Crippen molar-refractivity contribution in [3.8, 4) is 0 Å². The van der Waals surface area contributed by atoms with Crippen molar-refractivity contribution in [2.75, 3.05) is 19.7 Å². The number of carbonyl (C=O) groups is 2. The van der Waals surface area contributed by atoms with Gasteiger partial charge in [0.1, 0.15) is 6.10 Å². The van der Waals surface area contributed by atoms with Crippen LogP contribution in [0.1, 0.15) is 0 Å². The number of aliphatic carboxylic acids is 1. The van der Waals surface area contributed by atoms with Crippen molar-refractivity contribution in [1.29, 1.82) is 0 Å².